The first-order valence-corrected chi connectivity index (χ1v) is 8.10. The topological polar surface area (TPSA) is 62.8 Å². The molecule has 24 heavy (non-hydrogen) atoms. The van der Waals surface area contributed by atoms with Gasteiger partial charge in [0.25, 0.3) is 0 Å². The van der Waals surface area contributed by atoms with Crippen LogP contribution in [0.15, 0.2) is 53.0 Å². The molecule has 0 saturated carbocycles. The summed E-state index contributed by atoms with van der Waals surface area (Å²) in [6.07, 6.45) is 4.34. The van der Waals surface area contributed by atoms with Crippen LogP contribution in [0.25, 0.3) is 6.08 Å². The normalized spacial score (nSPS) is 16.7. The first kappa shape index (κ1) is 16.4. The Morgan fingerprint density at radius 1 is 1.04 bits per heavy atom. The summed E-state index contributed by atoms with van der Waals surface area (Å²) in [5.41, 5.74) is 1.22. The molecule has 1 aromatic heterocycles. The molecule has 0 amide bonds. The zero-order valence-corrected chi connectivity index (χ0v) is 13.5. The largest absolute Gasteiger partial charge is 0.433 e. The molecule has 6 nitrogen and oxygen atoms in total. The van der Waals surface area contributed by atoms with Gasteiger partial charge in [0.05, 0.1) is 12.6 Å². The molecule has 0 N–H and O–H groups in total. The number of hydrogen-bond donors (Lipinski definition) is 0. The molecule has 1 fully saturated rings. The summed E-state index contributed by atoms with van der Waals surface area (Å²) in [6, 6.07) is 13.4. The zero-order chi connectivity index (χ0) is 16.8. The Morgan fingerprint density at radius 3 is 2.42 bits per heavy atom. The first-order valence-electron chi connectivity index (χ1n) is 8.10. The fourth-order valence-electron chi connectivity index (χ4n) is 2.80. The minimum absolute atomic E-state index is 0.185. The molecule has 3 rings (SSSR count). The standard InChI is InChI=1S/C18H21N3O3/c22-21(23)18-9-8-17(24-18)15-20-13-11-19(12-14-20)10-4-7-16-5-2-1-3-6-16/h1-9H,10-15H2/b7-4+. The van der Waals surface area contributed by atoms with Gasteiger partial charge in [0, 0.05) is 32.7 Å². The van der Waals surface area contributed by atoms with E-state index in [9.17, 15) is 10.1 Å². The number of benzene rings is 1. The average molecular weight is 327 g/mol. The third-order valence-electron chi connectivity index (χ3n) is 4.15. The summed E-state index contributed by atoms with van der Waals surface area (Å²) in [7, 11) is 0. The average Bonchev–Trinajstić information content (AvgIpc) is 3.06. The summed E-state index contributed by atoms with van der Waals surface area (Å²) in [6.45, 7) is 5.42. The van der Waals surface area contributed by atoms with E-state index in [4.69, 9.17) is 4.42 Å². The quantitative estimate of drug-likeness (QED) is 0.603. The monoisotopic (exact) mass is 327 g/mol. The molecule has 0 radical (unpaired) electrons. The SMILES string of the molecule is O=[N+]([O-])c1ccc(CN2CCN(C/C=C/c3ccccc3)CC2)o1. The fraction of sp³-hybridized carbons (Fsp3) is 0.333. The van der Waals surface area contributed by atoms with Crippen LogP contribution in [0.2, 0.25) is 0 Å². The second-order valence-electron chi connectivity index (χ2n) is 5.89. The molecule has 2 aromatic rings. The van der Waals surface area contributed by atoms with E-state index in [1.807, 2.05) is 18.2 Å². The van der Waals surface area contributed by atoms with Gasteiger partial charge < -0.3 is 4.42 Å². The van der Waals surface area contributed by atoms with Crippen LogP contribution in [-0.4, -0.2) is 47.4 Å². The van der Waals surface area contributed by atoms with Gasteiger partial charge in [-0.3, -0.25) is 19.9 Å². The highest BCUT2D eigenvalue weighted by Crippen LogP contribution is 2.17. The highest BCUT2D eigenvalue weighted by molar-refractivity contribution is 5.48. The van der Waals surface area contributed by atoms with Crippen LogP contribution in [-0.2, 0) is 6.54 Å². The maximum absolute atomic E-state index is 10.6. The maximum atomic E-state index is 10.6. The maximum Gasteiger partial charge on any atom is 0.433 e. The minimum atomic E-state index is -0.499. The Kier molecular flexibility index (Phi) is 5.40. The Labute approximate surface area is 141 Å². The van der Waals surface area contributed by atoms with E-state index in [0.717, 1.165) is 32.7 Å². The van der Waals surface area contributed by atoms with E-state index in [-0.39, 0.29) is 5.88 Å². The molecule has 0 unspecified atom stereocenters. The lowest BCUT2D eigenvalue weighted by Gasteiger charge is -2.33. The molecule has 6 heteroatoms. The van der Waals surface area contributed by atoms with Crippen LogP contribution in [0.4, 0.5) is 5.88 Å². The molecule has 0 spiro atoms. The third-order valence-corrected chi connectivity index (χ3v) is 4.15. The molecule has 0 aliphatic carbocycles. The molecular weight excluding hydrogens is 306 g/mol. The van der Waals surface area contributed by atoms with Crippen molar-refractivity contribution in [2.75, 3.05) is 32.7 Å². The van der Waals surface area contributed by atoms with Crippen molar-refractivity contribution in [2.45, 2.75) is 6.54 Å². The van der Waals surface area contributed by atoms with Gasteiger partial charge in [0.2, 0.25) is 0 Å². The molecule has 2 heterocycles. The molecule has 0 atom stereocenters. The minimum Gasteiger partial charge on any atom is -0.404 e. The van der Waals surface area contributed by atoms with Gasteiger partial charge in [-0.25, -0.2) is 0 Å². The van der Waals surface area contributed by atoms with Crippen LogP contribution in [0.1, 0.15) is 11.3 Å². The molecule has 1 saturated heterocycles. The van der Waals surface area contributed by atoms with Crippen LogP contribution < -0.4 is 0 Å². The lowest BCUT2D eigenvalue weighted by Crippen LogP contribution is -2.45. The van der Waals surface area contributed by atoms with Crippen molar-refractivity contribution in [3.05, 3.63) is 70.0 Å². The summed E-state index contributed by atoms with van der Waals surface area (Å²) in [4.78, 5) is 14.8. The van der Waals surface area contributed by atoms with Gasteiger partial charge >= 0.3 is 5.88 Å². The van der Waals surface area contributed by atoms with Crippen LogP contribution >= 0.6 is 0 Å². The summed E-state index contributed by atoms with van der Waals surface area (Å²) < 4.78 is 5.22. The highest BCUT2D eigenvalue weighted by atomic mass is 16.6. The van der Waals surface area contributed by atoms with Gasteiger partial charge in [-0.05, 0) is 11.6 Å². The lowest BCUT2D eigenvalue weighted by molar-refractivity contribution is -0.402. The third kappa shape index (κ3) is 4.53. The van der Waals surface area contributed by atoms with E-state index in [0.29, 0.717) is 12.3 Å². The van der Waals surface area contributed by atoms with Crippen molar-refractivity contribution in [3.63, 3.8) is 0 Å². The Hall–Kier alpha value is -2.44. The van der Waals surface area contributed by atoms with Crippen molar-refractivity contribution in [1.29, 1.82) is 0 Å². The van der Waals surface area contributed by atoms with Crippen molar-refractivity contribution < 1.29 is 9.34 Å². The number of nitrogens with zero attached hydrogens (tertiary/aromatic N) is 3. The van der Waals surface area contributed by atoms with E-state index in [2.05, 4.69) is 34.1 Å². The number of rotatable bonds is 6. The Bertz CT molecular complexity index is 689. The lowest BCUT2D eigenvalue weighted by atomic mass is 10.2. The Morgan fingerprint density at radius 2 is 1.75 bits per heavy atom. The van der Waals surface area contributed by atoms with E-state index >= 15 is 0 Å². The predicted molar refractivity (Wildman–Crippen MR) is 92.6 cm³/mol. The number of furan rings is 1. The molecule has 0 bridgehead atoms. The molecule has 1 aromatic carbocycles. The second kappa shape index (κ2) is 7.90. The number of piperazine rings is 1. The van der Waals surface area contributed by atoms with Gasteiger partial charge in [0.15, 0.2) is 0 Å². The Balaban J connectivity index is 1.42. The predicted octanol–water partition coefficient (Wildman–Crippen LogP) is 3.02. The van der Waals surface area contributed by atoms with Crippen LogP contribution in [0.5, 0.6) is 0 Å². The number of hydrogen-bond acceptors (Lipinski definition) is 5. The highest BCUT2D eigenvalue weighted by Gasteiger charge is 2.19. The van der Waals surface area contributed by atoms with Gasteiger partial charge in [0.1, 0.15) is 10.7 Å². The van der Waals surface area contributed by atoms with Crippen molar-refractivity contribution in [3.8, 4) is 0 Å². The van der Waals surface area contributed by atoms with Crippen molar-refractivity contribution >= 4 is 12.0 Å². The summed E-state index contributed by atoms with van der Waals surface area (Å²) in [5.74, 6) is 0.466. The van der Waals surface area contributed by atoms with E-state index < -0.39 is 4.92 Å². The fourth-order valence-corrected chi connectivity index (χ4v) is 2.80. The molecule has 1 aliphatic rings. The van der Waals surface area contributed by atoms with Gasteiger partial charge in [-0.1, -0.05) is 42.5 Å². The van der Waals surface area contributed by atoms with Crippen molar-refractivity contribution in [2.24, 2.45) is 0 Å². The van der Waals surface area contributed by atoms with Crippen LogP contribution in [0.3, 0.4) is 0 Å². The van der Waals surface area contributed by atoms with Gasteiger partial charge in [-0.15, -0.1) is 0 Å². The summed E-state index contributed by atoms with van der Waals surface area (Å²) in [5, 5.41) is 10.6. The van der Waals surface area contributed by atoms with E-state index in [1.54, 1.807) is 6.07 Å². The van der Waals surface area contributed by atoms with Crippen molar-refractivity contribution in [1.82, 2.24) is 9.80 Å². The smallest absolute Gasteiger partial charge is 0.404 e. The van der Waals surface area contributed by atoms with E-state index in [1.165, 1.54) is 11.6 Å². The van der Waals surface area contributed by atoms with Gasteiger partial charge in [-0.2, -0.15) is 0 Å². The summed E-state index contributed by atoms with van der Waals surface area (Å²) >= 11 is 0. The molecule has 126 valence electrons. The molecule has 1 aliphatic heterocycles. The second-order valence-corrected chi connectivity index (χ2v) is 5.89. The zero-order valence-electron chi connectivity index (χ0n) is 13.5. The first-order chi connectivity index (χ1) is 11.7. The molecular formula is C18H21N3O3. The van der Waals surface area contributed by atoms with Crippen LogP contribution in [0, 0.1) is 10.1 Å². The number of nitro groups is 1.